The Hall–Kier alpha value is -2.80. The molecular weight excluding hydrogens is 462 g/mol. The molecule has 0 fully saturated rings. The molecule has 0 radical (unpaired) electrons. The Morgan fingerprint density at radius 1 is 1.23 bits per heavy atom. The number of hydrogen-bond donors (Lipinski definition) is 1. The van der Waals surface area contributed by atoms with Crippen LogP contribution in [0, 0.1) is 0 Å². The summed E-state index contributed by atoms with van der Waals surface area (Å²) in [6, 6.07) is 11.2. The van der Waals surface area contributed by atoms with E-state index in [-0.39, 0.29) is 19.0 Å². The molecule has 1 aliphatic carbocycles. The number of nitrogens with one attached hydrogen (secondary N) is 1. The van der Waals surface area contributed by atoms with Gasteiger partial charge in [0.05, 0.1) is 22.6 Å². The number of esters is 1. The van der Waals surface area contributed by atoms with Crippen LogP contribution in [-0.2, 0) is 20.9 Å². The first-order chi connectivity index (χ1) is 15.0. The lowest BCUT2D eigenvalue weighted by Crippen LogP contribution is -2.34. The number of ketones is 1. The van der Waals surface area contributed by atoms with Crippen molar-refractivity contribution < 1.29 is 23.5 Å². The van der Waals surface area contributed by atoms with E-state index in [0.29, 0.717) is 40.5 Å². The van der Waals surface area contributed by atoms with Crippen molar-refractivity contribution in [1.29, 1.82) is 0 Å². The smallest absolute Gasteiger partial charge is 0.336 e. The Balaban J connectivity index is 1.66. The summed E-state index contributed by atoms with van der Waals surface area (Å²) < 4.78 is 18.1. The van der Waals surface area contributed by atoms with Crippen LogP contribution in [-0.4, -0.2) is 18.4 Å². The van der Waals surface area contributed by atoms with E-state index in [0.717, 1.165) is 23.0 Å². The van der Waals surface area contributed by atoms with Crippen LogP contribution in [0.15, 0.2) is 67.8 Å². The number of allylic oxidation sites excluding steroid dienone is 3. The van der Waals surface area contributed by atoms with Crippen LogP contribution >= 0.6 is 15.9 Å². The van der Waals surface area contributed by atoms with Gasteiger partial charge in [-0.15, -0.1) is 0 Å². The predicted octanol–water partition coefficient (Wildman–Crippen LogP) is 5.15. The number of hydrogen-bond acceptors (Lipinski definition) is 6. The van der Waals surface area contributed by atoms with Crippen LogP contribution in [0.4, 0.5) is 0 Å². The zero-order valence-electron chi connectivity index (χ0n) is 17.5. The fraction of sp³-hybridized carbons (Fsp3) is 0.333. The molecule has 2 aliphatic rings. The van der Waals surface area contributed by atoms with Crippen molar-refractivity contribution in [2.45, 2.75) is 45.6 Å². The van der Waals surface area contributed by atoms with E-state index < -0.39 is 11.9 Å². The van der Waals surface area contributed by atoms with Gasteiger partial charge in [0, 0.05) is 23.4 Å². The molecule has 0 bridgehead atoms. The highest BCUT2D eigenvalue weighted by Gasteiger charge is 2.40. The third-order valence-corrected chi connectivity index (χ3v) is 6.10. The summed E-state index contributed by atoms with van der Waals surface area (Å²) in [5, 5.41) is 3.26. The minimum atomic E-state index is -0.583. The van der Waals surface area contributed by atoms with E-state index in [9.17, 15) is 9.59 Å². The lowest BCUT2D eigenvalue weighted by Gasteiger charge is -2.32. The fourth-order valence-electron chi connectivity index (χ4n) is 4.09. The minimum Gasteiger partial charge on any atom is -0.484 e. The summed E-state index contributed by atoms with van der Waals surface area (Å²) in [6.07, 6.45) is 2.03. The second-order valence-electron chi connectivity index (χ2n) is 7.51. The zero-order valence-corrected chi connectivity index (χ0v) is 19.1. The topological polar surface area (TPSA) is 77.8 Å². The Bertz CT molecular complexity index is 1080. The summed E-state index contributed by atoms with van der Waals surface area (Å²) in [7, 11) is 0. The number of Topliss-reactive ketones (excluding diaryl/α,β-unsaturated/α-hetero) is 1. The molecule has 2 aromatic rings. The number of dihydropyridines is 1. The predicted molar refractivity (Wildman–Crippen MR) is 118 cm³/mol. The Kier molecular flexibility index (Phi) is 6.32. The highest BCUT2D eigenvalue weighted by molar-refractivity contribution is 9.10. The van der Waals surface area contributed by atoms with Gasteiger partial charge in [0.1, 0.15) is 23.9 Å². The van der Waals surface area contributed by atoms with Crippen molar-refractivity contribution in [2.24, 2.45) is 0 Å². The third kappa shape index (κ3) is 4.32. The molecular formula is C24H24BrNO5. The van der Waals surface area contributed by atoms with E-state index in [1.165, 1.54) is 0 Å². The number of benzene rings is 1. The molecule has 1 aromatic heterocycles. The molecule has 4 rings (SSSR count). The fourth-order valence-corrected chi connectivity index (χ4v) is 4.48. The first kappa shape index (κ1) is 21.4. The molecule has 0 saturated carbocycles. The molecule has 31 heavy (non-hydrogen) atoms. The van der Waals surface area contributed by atoms with Gasteiger partial charge < -0.3 is 19.2 Å². The first-order valence-electron chi connectivity index (χ1n) is 10.4. The van der Waals surface area contributed by atoms with Gasteiger partial charge >= 0.3 is 5.97 Å². The standard InChI is InChI=1S/C24H24BrNO5/c1-3-29-24(28)21-14(2)26-17-8-6-9-18(27)22(17)23(21)20-12-11-15(31-20)13-30-19-10-5-4-7-16(19)25/h4-5,7,10-12,23,26H,3,6,8-9,13H2,1-2H3/t23-/m0/s1. The van der Waals surface area contributed by atoms with Crippen LogP contribution in [0.5, 0.6) is 5.75 Å². The summed E-state index contributed by atoms with van der Waals surface area (Å²) >= 11 is 3.46. The summed E-state index contributed by atoms with van der Waals surface area (Å²) in [5.74, 6) is 0.867. The summed E-state index contributed by atoms with van der Waals surface area (Å²) in [5.41, 5.74) is 2.59. The molecule has 0 saturated heterocycles. The highest BCUT2D eigenvalue weighted by Crippen LogP contribution is 2.43. The average molecular weight is 486 g/mol. The van der Waals surface area contributed by atoms with E-state index in [4.69, 9.17) is 13.9 Å². The molecule has 0 unspecified atom stereocenters. The number of para-hydroxylation sites is 1. The molecule has 1 aromatic carbocycles. The second-order valence-corrected chi connectivity index (χ2v) is 8.36. The maximum absolute atomic E-state index is 12.9. The van der Waals surface area contributed by atoms with Crippen LogP contribution in [0.3, 0.4) is 0 Å². The number of furan rings is 1. The zero-order chi connectivity index (χ0) is 22.0. The molecule has 2 heterocycles. The summed E-state index contributed by atoms with van der Waals surface area (Å²) in [4.78, 5) is 25.7. The monoisotopic (exact) mass is 485 g/mol. The number of halogens is 1. The van der Waals surface area contributed by atoms with Gasteiger partial charge in [0.25, 0.3) is 0 Å². The normalized spacial score (nSPS) is 18.5. The van der Waals surface area contributed by atoms with Gasteiger partial charge in [-0.1, -0.05) is 12.1 Å². The third-order valence-electron chi connectivity index (χ3n) is 5.44. The SMILES string of the molecule is CCOC(=O)C1=C(C)NC2=C(C(=O)CCC2)[C@H]1c1ccc(COc2ccccc2Br)o1. The van der Waals surface area contributed by atoms with Crippen molar-refractivity contribution in [3.05, 3.63) is 74.9 Å². The van der Waals surface area contributed by atoms with Crippen molar-refractivity contribution in [3.63, 3.8) is 0 Å². The van der Waals surface area contributed by atoms with Crippen LogP contribution in [0.2, 0.25) is 0 Å². The van der Waals surface area contributed by atoms with E-state index in [2.05, 4.69) is 21.2 Å². The molecule has 1 atom stereocenters. The number of carbonyl (C=O) groups excluding carboxylic acids is 2. The number of carbonyl (C=O) groups is 2. The van der Waals surface area contributed by atoms with Gasteiger partial charge in [0.2, 0.25) is 0 Å². The Labute approximate surface area is 189 Å². The Morgan fingerprint density at radius 2 is 2.03 bits per heavy atom. The largest absolute Gasteiger partial charge is 0.484 e. The van der Waals surface area contributed by atoms with Crippen LogP contribution < -0.4 is 10.1 Å². The average Bonchev–Trinajstić information content (AvgIpc) is 3.21. The lowest BCUT2D eigenvalue weighted by molar-refractivity contribution is -0.138. The van der Waals surface area contributed by atoms with E-state index in [1.807, 2.05) is 43.3 Å². The maximum atomic E-state index is 12.9. The molecule has 0 amide bonds. The minimum absolute atomic E-state index is 0.0375. The molecule has 162 valence electrons. The summed E-state index contributed by atoms with van der Waals surface area (Å²) in [6.45, 7) is 4.08. The van der Waals surface area contributed by atoms with Crippen LogP contribution in [0.1, 0.15) is 50.5 Å². The highest BCUT2D eigenvalue weighted by atomic mass is 79.9. The number of rotatable bonds is 6. The van der Waals surface area contributed by atoms with Crippen LogP contribution in [0.25, 0.3) is 0 Å². The molecule has 7 heteroatoms. The van der Waals surface area contributed by atoms with Gasteiger partial charge in [-0.3, -0.25) is 4.79 Å². The quantitative estimate of drug-likeness (QED) is 0.569. The van der Waals surface area contributed by atoms with Crippen molar-refractivity contribution in [3.8, 4) is 5.75 Å². The van der Waals surface area contributed by atoms with Gasteiger partial charge in [-0.2, -0.15) is 0 Å². The van der Waals surface area contributed by atoms with Gasteiger partial charge in [-0.25, -0.2) is 4.79 Å². The van der Waals surface area contributed by atoms with Gasteiger partial charge in [0.15, 0.2) is 5.78 Å². The molecule has 1 aliphatic heterocycles. The lowest BCUT2D eigenvalue weighted by atomic mass is 9.77. The molecule has 1 N–H and O–H groups in total. The van der Waals surface area contributed by atoms with Crippen molar-refractivity contribution in [2.75, 3.05) is 6.61 Å². The maximum Gasteiger partial charge on any atom is 0.336 e. The van der Waals surface area contributed by atoms with E-state index in [1.54, 1.807) is 6.92 Å². The molecule has 0 spiro atoms. The second kappa shape index (κ2) is 9.14. The Morgan fingerprint density at radius 3 is 2.81 bits per heavy atom. The number of ether oxygens (including phenoxy) is 2. The van der Waals surface area contributed by atoms with E-state index >= 15 is 0 Å². The molecule has 6 nitrogen and oxygen atoms in total. The first-order valence-corrected chi connectivity index (χ1v) is 11.2. The van der Waals surface area contributed by atoms with Crippen molar-refractivity contribution in [1.82, 2.24) is 5.32 Å². The van der Waals surface area contributed by atoms with Crippen molar-refractivity contribution >= 4 is 27.7 Å². The van der Waals surface area contributed by atoms with Gasteiger partial charge in [-0.05, 0) is 66.9 Å².